The standard InChI is InChI=1S/C10H12ClNOS/c1-2-7(11)10-12-8-4-3-6(13)5-9(8)14-10/h3-4,7,10,12H,2,5H2,1H3. The van der Waals surface area contributed by atoms with Crippen molar-refractivity contribution in [3.63, 3.8) is 0 Å². The minimum atomic E-state index is 0.120. The number of thioether (sulfide) groups is 1. The lowest BCUT2D eigenvalue weighted by Crippen LogP contribution is -2.28. The molecule has 1 N–H and O–H groups in total. The van der Waals surface area contributed by atoms with Gasteiger partial charge in [-0.05, 0) is 18.6 Å². The predicted octanol–water partition coefficient (Wildman–Crippen LogP) is 2.41. The maximum atomic E-state index is 11.2. The molecule has 0 amide bonds. The number of allylic oxidation sites excluding steroid dienone is 3. The summed E-state index contributed by atoms with van der Waals surface area (Å²) in [6.07, 6.45) is 4.95. The Bertz CT molecular complexity index is 324. The van der Waals surface area contributed by atoms with Gasteiger partial charge in [-0.15, -0.1) is 23.4 Å². The summed E-state index contributed by atoms with van der Waals surface area (Å²) < 4.78 is 0. The Morgan fingerprint density at radius 1 is 1.71 bits per heavy atom. The zero-order valence-electron chi connectivity index (χ0n) is 7.92. The molecule has 0 spiro atoms. The Kier molecular flexibility index (Phi) is 2.88. The largest absolute Gasteiger partial charge is 0.371 e. The van der Waals surface area contributed by atoms with Gasteiger partial charge in [0, 0.05) is 17.0 Å². The van der Waals surface area contributed by atoms with E-state index in [1.165, 1.54) is 0 Å². The smallest absolute Gasteiger partial charge is 0.160 e. The van der Waals surface area contributed by atoms with E-state index in [1.807, 2.05) is 6.08 Å². The molecule has 2 rings (SSSR count). The molecule has 76 valence electrons. The molecule has 1 aliphatic heterocycles. The molecule has 0 aromatic rings. The number of nitrogens with one attached hydrogen (secondary N) is 1. The van der Waals surface area contributed by atoms with E-state index in [1.54, 1.807) is 17.8 Å². The fourth-order valence-electron chi connectivity index (χ4n) is 1.53. The van der Waals surface area contributed by atoms with Gasteiger partial charge in [0.2, 0.25) is 0 Å². The summed E-state index contributed by atoms with van der Waals surface area (Å²) in [6, 6.07) is 0. The van der Waals surface area contributed by atoms with Crippen molar-refractivity contribution in [2.24, 2.45) is 0 Å². The van der Waals surface area contributed by atoms with Gasteiger partial charge in [-0.25, -0.2) is 0 Å². The van der Waals surface area contributed by atoms with Crippen molar-refractivity contribution in [1.82, 2.24) is 5.32 Å². The number of rotatable bonds is 2. The Labute approximate surface area is 92.8 Å². The summed E-state index contributed by atoms with van der Waals surface area (Å²) >= 11 is 7.85. The van der Waals surface area contributed by atoms with Crippen molar-refractivity contribution in [3.8, 4) is 0 Å². The van der Waals surface area contributed by atoms with Crippen LogP contribution < -0.4 is 5.32 Å². The Morgan fingerprint density at radius 2 is 2.50 bits per heavy atom. The molecule has 1 heterocycles. The number of carbonyl (C=O) groups is 1. The minimum Gasteiger partial charge on any atom is -0.371 e. The first kappa shape index (κ1) is 10.1. The number of halogens is 1. The van der Waals surface area contributed by atoms with Crippen LogP contribution in [0.5, 0.6) is 0 Å². The van der Waals surface area contributed by atoms with Crippen LogP contribution in [0.15, 0.2) is 22.8 Å². The van der Waals surface area contributed by atoms with Crippen molar-refractivity contribution >= 4 is 29.1 Å². The van der Waals surface area contributed by atoms with Crippen molar-refractivity contribution in [3.05, 3.63) is 22.8 Å². The molecule has 4 heteroatoms. The summed E-state index contributed by atoms with van der Waals surface area (Å²) in [5.74, 6) is 0.182. The highest BCUT2D eigenvalue weighted by Crippen LogP contribution is 2.38. The topological polar surface area (TPSA) is 29.1 Å². The van der Waals surface area contributed by atoms with Crippen molar-refractivity contribution in [1.29, 1.82) is 0 Å². The van der Waals surface area contributed by atoms with Gasteiger partial charge in [0.25, 0.3) is 0 Å². The van der Waals surface area contributed by atoms with Crippen LogP contribution in [0.3, 0.4) is 0 Å². The third-order valence-corrected chi connectivity index (χ3v) is 4.42. The average molecular weight is 230 g/mol. The van der Waals surface area contributed by atoms with E-state index in [2.05, 4.69) is 12.2 Å². The first-order chi connectivity index (χ1) is 6.70. The molecule has 1 aliphatic carbocycles. The highest BCUT2D eigenvalue weighted by molar-refractivity contribution is 8.04. The van der Waals surface area contributed by atoms with E-state index in [-0.39, 0.29) is 16.5 Å². The lowest BCUT2D eigenvalue weighted by atomic mass is 10.1. The zero-order chi connectivity index (χ0) is 10.1. The molecular weight excluding hydrogens is 218 g/mol. The second kappa shape index (κ2) is 3.99. The molecule has 2 aliphatic rings. The fraction of sp³-hybridized carbons (Fsp3) is 0.500. The van der Waals surface area contributed by atoms with Gasteiger partial charge >= 0.3 is 0 Å². The third kappa shape index (κ3) is 1.84. The summed E-state index contributed by atoms with van der Waals surface area (Å²) in [4.78, 5) is 12.3. The van der Waals surface area contributed by atoms with Crippen LogP contribution >= 0.6 is 23.4 Å². The van der Waals surface area contributed by atoms with Crippen LogP contribution in [0.1, 0.15) is 19.8 Å². The van der Waals surface area contributed by atoms with Gasteiger partial charge in [0.15, 0.2) is 5.78 Å². The van der Waals surface area contributed by atoms with Gasteiger partial charge in [-0.3, -0.25) is 4.79 Å². The molecule has 14 heavy (non-hydrogen) atoms. The maximum Gasteiger partial charge on any atom is 0.160 e. The molecule has 2 unspecified atom stereocenters. The van der Waals surface area contributed by atoms with Crippen molar-refractivity contribution in [2.45, 2.75) is 30.5 Å². The minimum absolute atomic E-state index is 0.120. The predicted molar refractivity (Wildman–Crippen MR) is 60.2 cm³/mol. The van der Waals surface area contributed by atoms with Gasteiger partial charge < -0.3 is 5.32 Å². The second-order valence-corrected chi connectivity index (χ2v) is 5.22. The van der Waals surface area contributed by atoms with E-state index >= 15 is 0 Å². The number of ketones is 1. The van der Waals surface area contributed by atoms with Crippen LogP contribution in [0.2, 0.25) is 0 Å². The van der Waals surface area contributed by atoms with E-state index < -0.39 is 0 Å². The molecule has 0 aromatic heterocycles. The first-order valence-electron chi connectivity index (χ1n) is 4.72. The number of alkyl halides is 1. The third-order valence-electron chi connectivity index (χ3n) is 2.36. The van der Waals surface area contributed by atoms with E-state index in [0.29, 0.717) is 6.42 Å². The lowest BCUT2D eigenvalue weighted by molar-refractivity contribution is -0.114. The molecular formula is C10H12ClNOS. The highest BCUT2D eigenvalue weighted by Gasteiger charge is 2.30. The number of hydrogen-bond donors (Lipinski definition) is 1. The molecule has 2 nitrogen and oxygen atoms in total. The van der Waals surface area contributed by atoms with Crippen molar-refractivity contribution in [2.75, 3.05) is 0 Å². The SMILES string of the molecule is CCC(Cl)C1NC2=C(CC(=O)C=C2)S1. The number of carbonyl (C=O) groups excluding carboxylic acids is 1. The molecule has 0 bridgehead atoms. The summed E-state index contributed by atoms with van der Waals surface area (Å²) in [5, 5.41) is 3.68. The number of hydrogen-bond acceptors (Lipinski definition) is 3. The zero-order valence-corrected chi connectivity index (χ0v) is 9.49. The Balaban J connectivity index is 2.06. The fourth-order valence-corrected chi connectivity index (χ4v) is 3.06. The van der Waals surface area contributed by atoms with Gasteiger partial charge in [0.1, 0.15) is 0 Å². The summed E-state index contributed by atoms with van der Waals surface area (Å²) in [5.41, 5.74) is 1.08. The summed E-state index contributed by atoms with van der Waals surface area (Å²) in [6.45, 7) is 2.07. The lowest BCUT2D eigenvalue weighted by Gasteiger charge is -2.15. The van der Waals surface area contributed by atoms with E-state index in [9.17, 15) is 4.79 Å². The van der Waals surface area contributed by atoms with E-state index in [4.69, 9.17) is 11.6 Å². The van der Waals surface area contributed by atoms with Crippen molar-refractivity contribution < 1.29 is 4.79 Å². The molecule has 0 radical (unpaired) electrons. The molecule has 2 atom stereocenters. The Hall–Kier alpha value is -0.410. The molecule has 0 saturated heterocycles. The highest BCUT2D eigenvalue weighted by atomic mass is 35.5. The van der Waals surface area contributed by atoms with E-state index in [0.717, 1.165) is 17.0 Å². The first-order valence-corrected chi connectivity index (χ1v) is 6.03. The second-order valence-electron chi connectivity index (χ2n) is 3.42. The average Bonchev–Trinajstić information content (AvgIpc) is 2.59. The summed E-state index contributed by atoms with van der Waals surface area (Å²) in [7, 11) is 0. The monoisotopic (exact) mass is 229 g/mol. The maximum absolute atomic E-state index is 11.2. The van der Waals surface area contributed by atoms with Crippen LogP contribution in [-0.2, 0) is 4.79 Å². The molecule has 0 fully saturated rings. The normalized spacial score (nSPS) is 27.6. The van der Waals surface area contributed by atoms with Crippen LogP contribution in [0, 0.1) is 0 Å². The molecule has 0 aromatic carbocycles. The van der Waals surface area contributed by atoms with Gasteiger partial charge in [0.05, 0.1) is 10.8 Å². The van der Waals surface area contributed by atoms with Crippen LogP contribution in [-0.4, -0.2) is 16.5 Å². The van der Waals surface area contributed by atoms with Crippen LogP contribution in [0.4, 0.5) is 0 Å². The van der Waals surface area contributed by atoms with Gasteiger partial charge in [-0.2, -0.15) is 0 Å². The molecule has 0 saturated carbocycles. The van der Waals surface area contributed by atoms with Crippen LogP contribution in [0.25, 0.3) is 0 Å². The Morgan fingerprint density at radius 3 is 3.21 bits per heavy atom. The van der Waals surface area contributed by atoms with Gasteiger partial charge in [-0.1, -0.05) is 6.92 Å². The quantitative estimate of drug-likeness (QED) is 0.738.